The molecule has 0 aliphatic carbocycles. The zero-order chi connectivity index (χ0) is 42.7. The van der Waals surface area contributed by atoms with E-state index in [9.17, 15) is 4.79 Å². The summed E-state index contributed by atoms with van der Waals surface area (Å²) in [5.41, 5.74) is 3.93. The molecule has 0 aromatic heterocycles. The van der Waals surface area contributed by atoms with E-state index in [-0.39, 0.29) is 16.7 Å². The molecular weight excluding hydrogens is 753 g/mol. The Morgan fingerprint density at radius 1 is 0.500 bits per heavy atom. The largest absolute Gasteiger partial charge is 0.417 e. The van der Waals surface area contributed by atoms with Crippen LogP contribution >= 0.6 is 0 Å². The summed E-state index contributed by atoms with van der Waals surface area (Å²) in [5.74, 6) is 0.0725. The van der Waals surface area contributed by atoms with Crippen LogP contribution in [0.5, 0.6) is 0 Å². The first-order valence-corrected chi connectivity index (χ1v) is 24.5. The molecule has 5 heteroatoms. The third-order valence-corrected chi connectivity index (χ3v) is 17.7. The van der Waals surface area contributed by atoms with E-state index >= 15 is 0 Å². The van der Waals surface area contributed by atoms with Gasteiger partial charge < -0.3 is 13.9 Å². The van der Waals surface area contributed by atoms with Crippen molar-refractivity contribution in [3.05, 3.63) is 215 Å². The molecule has 6 rings (SSSR count). The summed E-state index contributed by atoms with van der Waals surface area (Å²) in [4.78, 5) is 14.2. The molecule has 0 heterocycles. The van der Waals surface area contributed by atoms with E-state index in [4.69, 9.17) is 13.9 Å². The highest BCUT2D eigenvalue weighted by atomic mass is 28.4. The van der Waals surface area contributed by atoms with Crippen molar-refractivity contribution in [1.29, 1.82) is 0 Å². The molecule has 312 valence electrons. The van der Waals surface area contributed by atoms with Crippen molar-refractivity contribution in [2.45, 2.75) is 83.2 Å². The summed E-state index contributed by atoms with van der Waals surface area (Å²) in [7, 11) is -2.16. The highest BCUT2D eigenvalue weighted by Gasteiger charge is 2.44. The van der Waals surface area contributed by atoms with Crippen LogP contribution in [-0.4, -0.2) is 33.9 Å². The minimum absolute atomic E-state index is 0.0255. The lowest BCUT2D eigenvalue weighted by Crippen LogP contribution is -2.46. The van der Waals surface area contributed by atoms with Gasteiger partial charge in [-0.3, -0.25) is 4.79 Å². The van der Waals surface area contributed by atoms with Crippen LogP contribution in [0.1, 0.15) is 87.3 Å². The average molecular weight is 817 g/mol. The smallest absolute Gasteiger partial charge is 0.191 e. The molecule has 2 atom stereocenters. The van der Waals surface area contributed by atoms with Crippen LogP contribution in [0.15, 0.2) is 182 Å². The SMILES string of the molecule is CC(=O)[C@@](C)(CCOC(c1ccccc1)(c1ccccc1)c1ccccc1)[C@H](CCCOC(c1ccccc1)(c1ccccc1)c1ccccc1)CO[Si](C)(C)C(C)(C)C. The maximum Gasteiger partial charge on any atom is 0.191 e. The number of Topliss-reactive ketones (excluding diaryl/α,β-unsaturated/α-hetero) is 1. The predicted molar refractivity (Wildman–Crippen MR) is 250 cm³/mol. The molecule has 6 aromatic carbocycles. The van der Waals surface area contributed by atoms with Gasteiger partial charge in [0.2, 0.25) is 0 Å². The van der Waals surface area contributed by atoms with Gasteiger partial charge in [0.05, 0.1) is 0 Å². The highest BCUT2D eigenvalue weighted by Crippen LogP contribution is 2.45. The van der Waals surface area contributed by atoms with E-state index < -0.39 is 24.9 Å². The first-order chi connectivity index (χ1) is 28.8. The molecule has 0 unspecified atom stereocenters. The Morgan fingerprint density at radius 3 is 1.08 bits per heavy atom. The molecule has 0 spiro atoms. The van der Waals surface area contributed by atoms with E-state index in [0.29, 0.717) is 26.2 Å². The van der Waals surface area contributed by atoms with Crippen LogP contribution in [0.4, 0.5) is 0 Å². The molecule has 4 nitrogen and oxygen atoms in total. The molecule has 0 fully saturated rings. The predicted octanol–water partition coefficient (Wildman–Crippen LogP) is 13.4. The number of benzene rings is 6. The lowest BCUT2D eigenvalue weighted by Gasteiger charge is -2.42. The number of hydrogen-bond donors (Lipinski definition) is 0. The maximum absolute atomic E-state index is 14.2. The summed E-state index contributed by atoms with van der Waals surface area (Å²) in [6.07, 6.45) is 2.02. The van der Waals surface area contributed by atoms with Crippen molar-refractivity contribution in [2.75, 3.05) is 19.8 Å². The van der Waals surface area contributed by atoms with Gasteiger partial charge in [-0.2, -0.15) is 0 Å². The van der Waals surface area contributed by atoms with Crippen LogP contribution in [-0.2, 0) is 29.9 Å². The second kappa shape index (κ2) is 19.6. The number of ketones is 1. The van der Waals surface area contributed by atoms with E-state index in [1.807, 2.05) is 36.4 Å². The zero-order valence-electron chi connectivity index (χ0n) is 36.8. The molecule has 6 aromatic rings. The van der Waals surface area contributed by atoms with Crippen molar-refractivity contribution in [2.24, 2.45) is 11.3 Å². The summed E-state index contributed by atoms with van der Waals surface area (Å²) >= 11 is 0. The second-order valence-electron chi connectivity index (χ2n) is 17.9. The van der Waals surface area contributed by atoms with Gasteiger partial charge in [0, 0.05) is 25.2 Å². The van der Waals surface area contributed by atoms with Gasteiger partial charge in [0.25, 0.3) is 0 Å². The van der Waals surface area contributed by atoms with Gasteiger partial charge in [-0.25, -0.2) is 0 Å². The molecule has 0 aliphatic heterocycles. The molecule has 0 amide bonds. The standard InChI is InChI=1S/C55H64O4Si/c1-44(56)53(5,40-42-58-55(48-33-20-11-21-34-48,49-35-22-12-23-36-49)50-37-24-13-25-38-50)51(43-59-60(6,7)52(2,3)4)39-26-41-57-54(45-27-14-8-15-28-45,46-29-16-9-17-30-46)47-31-18-10-19-32-47/h8-25,27-38,51H,26,39-43H2,1-7H3/t51-,53-/m1/s1. The second-order valence-corrected chi connectivity index (χ2v) is 22.7. The Hall–Kier alpha value is -4.91. The molecule has 60 heavy (non-hydrogen) atoms. The van der Waals surface area contributed by atoms with Crippen LogP contribution in [0, 0.1) is 11.3 Å². The van der Waals surface area contributed by atoms with Gasteiger partial charge >= 0.3 is 0 Å². The van der Waals surface area contributed by atoms with Crippen LogP contribution in [0.2, 0.25) is 18.1 Å². The molecular formula is C55H64O4Si. The van der Waals surface area contributed by atoms with E-state index in [0.717, 1.165) is 46.2 Å². The molecule has 0 radical (unpaired) electrons. The number of carbonyl (C=O) groups excluding carboxylic acids is 1. The third kappa shape index (κ3) is 9.66. The summed E-state index contributed by atoms with van der Waals surface area (Å²) in [6.45, 7) is 16.6. The number of carbonyl (C=O) groups is 1. The first kappa shape index (κ1) is 44.6. The first-order valence-electron chi connectivity index (χ1n) is 21.6. The normalized spacial score (nSPS) is 14.0. The van der Waals surface area contributed by atoms with Crippen molar-refractivity contribution in [3.8, 4) is 0 Å². The lowest BCUT2D eigenvalue weighted by molar-refractivity contribution is -0.132. The fourth-order valence-corrected chi connectivity index (χ4v) is 9.34. The van der Waals surface area contributed by atoms with Crippen molar-refractivity contribution < 1.29 is 18.7 Å². The molecule has 0 N–H and O–H groups in total. The van der Waals surface area contributed by atoms with Crippen molar-refractivity contribution in [3.63, 3.8) is 0 Å². The Morgan fingerprint density at radius 2 is 0.800 bits per heavy atom. The Kier molecular flexibility index (Phi) is 14.6. The Labute approximate surface area is 361 Å². The molecule has 0 aliphatic rings. The molecule has 0 saturated carbocycles. The Bertz CT molecular complexity index is 1990. The monoisotopic (exact) mass is 816 g/mol. The summed E-state index contributed by atoms with van der Waals surface area (Å²) in [5, 5.41) is 0.0255. The van der Waals surface area contributed by atoms with Crippen LogP contribution in [0.3, 0.4) is 0 Å². The zero-order valence-corrected chi connectivity index (χ0v) is 37.8. The van der Waals surface area contributed by atoms with Crippen molar-refractivity contribution in [1.82, 2.24) is 0 Å². The molecule has 0 saturated heterocycles. The fourth-order valence-electron chi connectivity index (χ4n) is 8.29. The summed E-state index contributed by atoms with van der Waals surface area (Å²) in [6, 6.07) is 62.9. The lowest BCUT2D eigenvalue weighted by atomic mass is 9.70. The number of rotatable bonds is 20. The van der Waals surface area contributed by atoms with Crippen LogP contribution < -0.4 is 0 Å². The van der Waals surface area contributed by atoms with E-state index in [1.54, 1.807) is 6.92 Å². The van der Waals surface area contributed by atoms with Gasteiger partial charge in [-0.15, -0.1) is 0 Å². The topological polar surface area (TPSA) is 44.8 Å². The Balaban J connectivity index is 1.32. The highest BCUT2D eigenvalue weighted by molar-refractivity contribution is 6.74. The van der Waals surface area contributed by atoms with E-state index in [2.05, 4.69) is 186 Å². The van der Waals surface area contributed by atoms with Gasteiger partial charge in [0.15, 0.2) is 8.32 Å². The van der Waals surface area contributed by atoms with Gasteiger partial charge in [0.1, 0.15) is 17.0 Å². The van der Waals surface area contributed by atoms with Gasteiger partial charge in [-0.05, 0) is 83.6 Å². The van der Waals surface area contributed by atoms with Crippen LogP contribution in [0.25, 0.3) is 0 Å². The van der Waals surface area contributed by atoms with Gasteiger partial charge in [-0.1, -0.05) is 210 Å². The molecule has 0 bridgehead atoms. The van der Waals surface area contributed by atoms with E-state index in [1.165, 1.54) is 0 Å². The quantitative estimate of drug-likeness (QED) is 0.0437. The minimum atomic E-state index is -2.16. The average Bonchev–Trinajstić information content (AvgIpc) is 3.27. The fraction of sp³-hybridized carbons (Fsp3) is 0.327. The third-order valence-electron chi connectivity index (χ3n) is 13.2. The van der Waals surface area contributed by atoms with Crippen molar-refractivity contribution >= 4 is 14.1 Å². The maximum atomic E-state index is 14.2. The minimum Gasteiger partial charge on any atom is -0.417 e. The number of hydrogen-bond acceptors (Lipinski definition) is 4. The summed E-state index contributed by atoms with van der Waals surface area (Å²) < 4.78 is 21.6. The number of ether oxygens (including phenoxy) is 2.